The van der Waals surface area contributed by atoms with E-state index in [1.54, 1.807) is 30.4 Å². The van der Waals surface area contributed by atoms with Crippen molar-refractivity contribution < 1.29 is 18.0 Å². The van der Waals surface area contributed by atoms with Gasteiger partial charge in [-0.1, -0.05) is 68.4 Å². The number of nitrogens with zero attached hydrogens (tertiary/aromatic N) is 4. The van der Waals surface area contributed by atoms with Crippen LogP contribution in [0.1, 0.15) is 37.7 Å². The number of nitrogens with one attached hydrogen (secondary N) is 1. The largest absolute Gasteiger partial charge is 0.396 e. The lowest BCUT2D eigenvalue weighted by Crippen LogP contribution is -2.13. The topological polar surface area (TPSA) is 157 Å². The number of aliphatic hydroxyl groups is 1. The summed E-state index contributed by atoms with van der Waals surface area (Å²) in [5, 5.41) is 15.5. The fourth-order valence-corrected chi connectivity index (χ4v) is 4.88. The first-order valence-corrected chi connectivity index (χ1v) is 13.6. The van der Waals surface area contributed by atoms with Crippen LogP contribution in [0.3, 0.4) is 0 Å². The second-order valence-corrected chi connectivity index (χ2v) is 11.7. The minimum Gasteiger partial charge on any atom is -0.396 e. The molecule has 0 aliphatic carbocycles. The third-order valence-corrected chi connectivity index (χ3v) is 7.28. The van der Waals surface area contributed by atoms with E-state index in [1.165, 1.54) is 11.8 Å². The Labute approximate surface area is 221 Å². The van der Waals surface area contributed by atoms with Crippen LogP contribution in [0.25, 0.3) is 17.5 Å². The van der Waals surface area contributed by atoms with Gasteiger partial charge in [0.05, 0.1) is 10.6 Å². The molecule has 3 heterocycles. The van der Waals surface area contributed by atoms with Gasteiger partial charge in [0.2, 0.25) is 5.95 Å². The SMILES string of the molecule is CC(C)(C)c1noc(-c2cnc(Nc3ccc4c(c3)C=CCS4(=O)=O)nc2N)n1.OCCc1ccccc1. The monoisotopic (exact) mass is 534 g/mol. The first kappa shape index (κ1) is 27.0. The van der Waals surface area contributed by atoms with E-state index in [4.69, 9.17) is 15.4 Å². The maximum atomic E-state index is 12.1. The molecule has 0 saturated heterocycles. The summed E-state index contributed by atoms with van der Waals surface area (Å²) in [4.78, 5) is 13.2. The standard InChI is InChI=1S/C19H20N6O3S.C8H10O/c1-19(2,3)17-24-16(28-25-17)13-10-21-18(23-15(13)20)22-12-6-7-14-11(9-12)5-4-8-29(14,26)27;9-7-6-8-4-2-1-3-5-8/h4-7,9-10H,8H2,1-3H3,(H3,20,21,22,23);1-5,9H,6-7H2. The summed E-state index contributed by atoms with van der Waals surface area (Å²) >= 11 is 0. The summed E-state index contributed by atoms with van der Waals surface area (Å²) in [5.41, 5.74) is 8.70. The molecule has 4 aromatic rings. The fraction of sp³-hybridized carbons (Fsp3) is 0.259. The summed E-state index contributed by atoms with van der Waals surface area (Å²) < 4.78 is 29.5. The Hall–Kier alpha value is -4.09. The van der Waals surface area contributed by atoms with Gasteiger partial charge >= 0.3 is 0 Å². The van der Waals surface area contributed by atoms with E-state index in [0.717, 1.165) is 6.42 Å². The molecule has 10 nitrogen and oxygen atoms in total. The molecule has 2 aromatic carbocycles. The van der Waals surface area contributed by atoms with E-state index >= 15 is 0 Å². The Morgan fingerprint density at radius 3 is 2.53 bits per heavy atom. The Bertz CT molecular complexity index is 1540. The highest BCUT2D eigenvalue weighted by atomic mass is 32.2. The van der Waals surface area contributed by atoms with Gasteiger partial charge in [0, 0.05) is 23.9 Å². The van der Waals surface area contributed by atoms with E-state index in [0.29, 0.717) is 27.5 Å². The minimum atomic E-state index is -3.27. The summed E-state index contributed by atoms with van der Waals surface area (Å²) in [5.74, 6) is 1.28. The number of sulfone groups is 1. The molecule has 0 saturated carbocycles. The van der Waals surface area contributed by atoms with Crippen molar-refractivity contribution >= 4 is 33.4 Å². The third-order valence-electron chi connectivity index (χ3n) is 5.60. The fourth-order valence-electron chi connectivity index (χ4n) is 3.59. The molecule has 0 unspecified atom stereocenters. The first-order valence-electron chi connectivity index (χ1n) is 12.0. The van der Waals surface area contributed by atoms with Crippen LogP contribution in [0.4, 0.5) is 17.5 Å². The molecule has 1 aliphatic rings. The Kier molecular flexibility index (Phi) is 7.88. The maximum absolute atomic E-state index is 12.1. The number of fused-ring (bicyclic) bond motifs is 1. The lowest BCUT2D eigenvalue weighted by molar-refractivity contribution is 0.299. The molecule has 0 radical (unpaired) electrons. The Morgan fingerprint density at radius 1 is 1.11 bits per heavy atom. The number of anilines is 3. The van der Waals surface area contributed by atoms with Gasteiger partial charge in [-0.2, -0.15) is 9.97 Å². The van der Waals surface area contributed by atoms with E-state index in [-0.39, 0.29) is 35.4 Å². The molecule has 1 aliphatic heterocycles. The molecule has 38 heavy (non-hydrogen) atoms. The van der Waals surface area contributed by atoms with Crippen molar-refractivity contribution in [2.24, 2.45) is 0 Å². The second kappa shape index (κ2) is 11.1. The molecule has 4 N–H and O–H groups in total. The molecule has 11 heteroatoms. The zero-order valence-corrected chi connectivity index (χ0v) is 22.2. The second-order valence-electron chi connectivity index (χ2n) is 9.69. The molecule has 0 atom stereocenters. The number of benzene rings is 2. The van der Waals surface area contributed by atoms with Crippen LogP contribution in [0.5, 0.6) is 0 Å². The van der Waals surface area contributed by atoms with Gasteiger partial charge in [-0.15, -0.1) is 0 Å². The Balaban J connectivity index is 0.000000317. The molecule has 0 fully saturated rings. The third kappa shape index (κ3) is 6.42. The van der Waals surface area contributed by atoms with Crippen LogP contribution in [0.15, 0.2) is 70.2 Å². The van der Waals surface area contributed by atoms with Crippen LogP contribution in [0.2, 0.25) is 0 Å². The van der Waals surface area contributed by atoms with Gasteiger partial charge in [-0.05, 0) is 35.7 Å². The number of nitrogen functional groups attached to an aromatic ring is 1. The summed E-state index contributed by atoms with van der Waals surface area (Å²) in [6, 6.07) is 14.9. The number of hydrogen-bond donors (Lipinski definition) is 3. The van der Waals surface area contributed by atoms with Crippen LogP contribution >= 0.6 is 0 Å². The number of nitrogens with two attached hydrogens (primary N) is 1. The smallest absolute Gasteiger partial charge is 0.263 e. The van der Waals surface area contributed by atoms with E-state index in [1.807, 2.05) is 51.1 Å². The lowest BCUT2D eigenvalue weighted by Gasteiger charge is -2.13. The molecule has 0 spiro atoms. The summed E-state index contributed by atoms with van der Waals surface area (Å²) in [6.45, 7) is 6.18. The number of hydrogen-bond acceptors (Lipinski definition) is 10. The predicted molar refractivity (Wildman–Crippen MR) is 146 cm³/mol. The molecule has 0 amide bonds. The highest BCUT2D eigenvalue weighted by Crippen LogP contribution is 2.29. The van der Waals surface area contributed by atoms with Gasteiger partial charge in [-0.25, -0.2) is 13.4 Å². The average Bonchev–Trinajstić information content (AvgIpc) is 3.36. The zero-order valence-electron chi connectivity index (χ0n) is 21.4. The van der Waals surface area contributed by atoms with E-state index in [2.05, 4.69) is 25.4 Å². The van der Waals surface area contributed by atoms with Crippen LogP contribution < -0.4 is 11.1 Å². The van der Waals surface area contributed by atoms with Crippen molar-refractivity contribution in [2.75, 3.05) is 23.4 Å². The highest BCUT2D eigenvalue weighted by molar-refractivity contribution is 7.91. The highest BCUT2D eigenvalue weighted by Gasteiger charge is 2.23. The summed E-state index contributed by atoms with van der Waals surface area (Å²) in [7, 11) is -3.27. The maximum Gasteiger partial charge on any atom is 0.263 e. The molecular weight excluding hydrogens is 504 g/mol. The normalized spacial score (nSPS) is 13.8. The van der Waals surface area contributed by atoms with Crippen molar-refractivity contribution in [3.05, 3.63) is 77.8 Å². The zero-order chi connectivity index (χ0) is 27.3. The quantitative estimate of drug-likeness (QED) is 0.339. The molecule has 5 rings (SSSR count). The molecular formula is C27H30N6O4S. The van der Waals surface area contributed by atoms with Crippen LogP contribution in [-0.4, -0.2) is 46.0 Å². The van der Waals surface area contributed by atoms with Crippen molar-refractivity contribution in [1.29, 1.82) is 0 Å². The van der Waals surface area contributed by atoms with Gasteiger partial charge in [-0.3, -0.25) is 0 Å². The van der Waals surface area contributed by atoms with Gasteiger partial charge < -0.3 is 20.7 Å². The Morgan fingerprint density at radius 2 is 1.87 bits per heavy atom. The number of aromatic nitrogens is 4. The number of aliphatic hydroxyl groups excluding tert-OH is 1. The van der Waals surface area contributed by atoms with Crippen molar-refractivity contribution in [2.45, 2.75) is 37.5 Å². The van der Waals surface area contributed by atoms with Gasteiger partial charge in [0.1, 0.15) is 11.4 Å². The van der Waals surface area contributed by atoms with Crippen molar-refractivity contribution in [1.82, 2.24) is 20.1 Å². The molecule has 2 aromatic heterocycles. The summed E-state index contributed by atoms with van der Waals surface area (Å²) in [6.07, 6.45) is 5.68. The van der Waals surface area contributed by atoms with E-state index < -0.39 is 9.84 Å². The lowest BCUT2D eigenvalue weighted by atomic mass is 9.96. The van der Waals surface area contributed by atoms with E-state index in [9.17, 15) is 8.42 Å². The van der Waals surface area contributed by atoms with Gasteiger partial charge in [0.15, 0.2) is 15.7 Å². The number of rotatable bonds is 5. The molecule has 0 bridgehead atoms. The average molecular weight is 535 g/mol. The minimum absolute atomic E-state index is 0.0144. The first-order chi connectivity index (χ1) is 18.1. The van der Waals surface area contributed by atoms with Gasteiger partial charge in [0.25, 0.3) is 5.89 Å². The molecule has 198 valence electrons. The van der Waals surface area contributed by atoms with Crippen molar-refractivity contribution in [3.8, 4) is 11.5 Å². The van der Waals surface area contributed by atoms with Crippen LogP contribution in [0, 0.1) is 0 Å². The predicted octanol–water partition coefficient (Wildman–Crippen LogP) is 4.17. The van der Waals surface area contributed by atoms with Crippen molar-refractivity contribution in [3.63, 3.8) is 0 Å². The van der Waals surface area contributed by atoms with Crippen LogP contribution in [-0.2, 0) is 21.7 Å².